The van der Waals surface area contributed by atoms with Crippen LogP contribution in [0.1, 0.15) is 6.42 Å². The van der Waals surface area contributed by atoms with Gasteiger partial charge in [0.25, 0.3) is 0 Å². The first-order valence-corrected chi connectivity index (χ1v) is 9.19. The molecule has 2 heterocycles. The molecule has 1 aromatic heterocycles. The maximum atomic E-state index is 6.13. The van der Waals surface area contributed by atoms with Crippen LogP contribution in [0.2, 0.25) is 0 Å². The summed E-state index contributed by atoms with van der Waals surface area (Å²) in [6.07, 6.45) is 2.82. The first-order chi connectivity index (χ1) is 11.8. The number of anilines is 2. The van der Waals surface area contributed by atoms with Crippen LogP contribution >= 0.6 is 11.3 Å². The van der Waals surface area contributed by atoms with Crippen LogP contribution in [0.4, 0.5) is 10.8 Å². The van der Waals surface area contributed by atoms with E-state index in [9.17, 15) is 0 Å². The molecule has 0 amide bonds. The van der Waals surface area contributed by atoms with E-state index in [1.54, 1.807) is 11.3 Å². The second kappa shape index (κ2) is 8.54. The van der Waals surface area contributed by atoms with Crippen LogP contribution in [0.5, 0.6) is 0 Å². The van der Waals surface area contributed by atoms with E-state index in [0.29, 0.717) is 5.96 Å². The predicted molar refractivity (Wildman–Crippen MR) is 102 cm³/mol. The third kappa shape index (κ3) is 4.61. The van der Waals surface area contributed by atoms with Gasteiger partial charge >= 0.3 is 0 Å². The van der Waals surface area contributed by atoms with Gasteiger partial charge in [0.2, 0.25) is 0 Å². The van der Waals surface area contributed by atoms with E-state index in [1.807, 2.05) is 29.8 Å². The van der Waals surface area contributed by atoms with Gasteiger partial charge in [0, 0.05) is 56.5 Å². The quantitative estimate of drug-likeness (QED) is 0.477. The van der Waals surface area contributed by atoms with Crippen LogP contribution in [0.3, 0.4) is 0 Å². The summed E-state index contributed by atoms with van der Waals surface area (Å²) in [5, 5.41) is 6.49. The van der Waals surface area contributed by atoms with E-state index in [4.69, 9.17) is 5.73 Å². The molecule has 0 saturated carbocycles. The third-order valence-electron chi connectivity index (χ3n) is 4.01. The summed E-state index contributed by atoms with van der Waals surface area (Å²) < 4.78 is 0. The van der Waals surface area contributed by atoms with Gasteiger partial charge in [0.15, 0.2) is 11.1 Å². The molecule has 0 atom stereocenters. The van der Waals surface area contributed by atoms with E-state index in [0.717, 1.165) is 56.5 Å². The van der Waals surface area contributed by atoms with E-state index in [1.165, 1.54) is 0 Å². The molecule has 2 aromatic rings. The molecular weight excluding hydrogens is 320 g/mol. The number of nitrogens with zero attached hydrogens (tertiary/aromatic N) is 4. The van der Waals surface area contributed by atoms with Crippen molar-refractivity contribution in [1.29, 1.82) is 0 Å². The molecule has 1 aliphatic heterocycles. The van der Waals surface area contributed by atoms with Gasteiger partial charge in [-0.05, 0) is 18.6 Å². The molecule has 1 aliphatic rings. The molecule has 3 N–H and O–H groups in total. The van der Waals surface area contributed by atoms with Gasteiger partial charge in [-0.1, -0.05) is 18.2 Å². The molecule has 0 unspecified atom stereocenters. The number of hydrogen-bond donors (Lipinski definition) is 2. The van der Waals surface area contributed by atoms with Gasteiger partial charge < -0.3 is 20.9 Å². The zero-order valence-corrected chi connectivity index (χ0v) is 14.6. The second-order valence-electron chi connectivity index (χ2n) is 5.68. The number of nitrogens with one attached hydrogen (secondary N) is 1. The van der Waals surface area contributed by atoms with E-state index in [-0.39, 0.29) is 0 Å². The van der Waals surface area contributed by atoms with E-state index < -0.39 is 0 Å². The highest BCUT2D eigenvalue weighted by Crippen LogP contribution is 2.18. The number of para-hydroxylation sites is 1. The van der Waals surface area contributed by atoms with Crippen molar-refractivity contribution in [3.05, 3.63) is 41.9 Å². The molecule has 3 rings (SSSR count). The lowest BCUT2D eigenvalue weighted by Gasteiger charge is -2.35. The number of aliphatic imine (C=N–C) groups is 1. The molecule has 6 nitrogen and oxygen atoms in total. The molecule has 0 aliphatic carbocycles. The number of piperazine rings is 1. The Hall–Kier alpha value is -2.28. The van der Waals surface area contributed by atoms with Gasteiger partial charge in [-0.2, -0.15) is 0 Å². The van der Waals surface area contributed by atoms with Gasteiger partial charge in [-0.15, -0.1) is 11.3 Å². The van der Waals surface area contributed by atoms with E-state index >= 15 is 0 Å². The number of hydrogen-bond acceptors (Lipinski definition) is 5. The fourth-order valence-electron chi connectivity index (χ4n) is 2.66. The molecule has 7 heteroatoms. The van der Waals surface area contributed by atoms with Gasteiger partial charge in [-0.25, -0.2) is 4.98 Å². The Morgan fingerprint density at radius 3 is 2.71 bits per heavy atom. The van der Waals surface area contributed by atoms with Crippen molar-refractivity contribution in [2.45, 2.75) is 6.42 Å². The molecule has 1 saturated heterocycles. The Kier molecular flexibility index (Phi) is 5.90. The van der Waals surface area contributed by atoms with Crippen LogP contribution in [-0.2, 0) is 0 Å². The Morgan fingerprint density at radius 2 is 2.00 bits per heavy atom. The van der Waals surface area contributed by atoms with Crippen LogP contribution in [0.15, 0.2) is 46.9 Å². The van der Waals surface area contributed by atoms with Crippen LogP contribution in [0, 0.1) is 0 Å². The van der Waals surface area contributed by atoms with Gasteiger partial charge in [0.1, 0.15) is 0 Å². The lowest BCUT2D eigenvalue weighted by molar-refractivity contribution is 0.380. The summed E-state index contributed by atoms with van der Waals surface area (Å²) in [4.78, 5) is 13.3. The smallest absolute Gasteiger partial charge is 0.191 e. The summed E-state index contributed by atoms with van der Waals surface area (Å²) >= 11 is 1.68. The number of rotatable bonds is 6. The Bertz CT molecular complexity index is 620. The van der Waals surface area contributed by atoms with Crippen molar-refractivity contribution in [2.24, 2.45) is 10.7 Å². The summed E-state index contributed by atoms with van der Waals surface area (Å²) in [7, 11) is 0. The fourth-order valence-corrected chi connectivity index (χ4v) is 3.36. The van der Waals surface area contributed by atoms with Crippen molar-refractivity contribution < 1.29 is 0 Å². The first-order valence-electron chi connectivity index (χ1n) is 8.31. The topological polar surface area (TPSA) is 69.8 Å². The average Bonchev–Trinajstić information content (AvgIpc) is 3.17. The summed E-state index contributed by atoms with van der Waals surface area (Å²) in [5.74, 6) is 0.661. The number of thiazole rings is 1. The maximum Gasteiger partial charge on any atom is 0.191 e. The Morgan fingerprint density at radius 1 is 1.21 bits per heavy atom. The fraction of sp³-hybridized carbons (Fsp3) is 0.412. The number of nitrogens with two attached hydrogens (primary N) is 1. The highest BCUT2D eigenvalue weighted by Gasteiger charge is 2.19. The van der Waals surface area contributed by atoms with Gasteiger partial charge in [-0.3, -0.25) is 4.99 Å². The zero-order chi connectivity index (χ0) is 16.6. The van der Waals surface area contributed by atoms with Crippen LogP contribution in [-0.4, -0.2) is 55.1 Å². The first kappa shape index (κ1) is 16.6. The molecule has 0 radical (unpaired) electrons. The SMILES string of the molecule is NC(=NCCCNc1ccccc1)N1CCN(c2nccs2)CC1. The molecule has 1 aromatic carbocycles. The molecule has 128 valence electrons. The zero-order valence-electron chi connectivity index (χ0n) is 13.8. The molecule has 0 bridgehead atoms. The molecule has 24 heavy (non-hydrogen) atoms. The lowest BCUT2D eigenvalue weighted by atomic mass is 10.3. The normalized spacial score (nSPS) is 15.6. The maximum absolute atomic E-state index is 6.13. The minimum absolute atomic E-state index is 0.661. The molecule has 0 spiro atoms. The van der Waals surface area contributed by atoms with Crippen molar-refractivity contribution in [1.82, 2.24) is 9.88 Å². The van der Waals surface area contributed by atoms with Crippen molar-refractivity contribution >= 4 is 28.1 Å². The van der Waals surface area contributed by atoms with Crippen molar-refractivity contribution in [3.63, 3.8) is 0 Å². The van der Waals surface area contributed by atoms with Crippen LogP contribution in [0.25, 0.3) is 0 Å². The summed E-state index contributed by atoms with van der Waals surface area (Å²) in [5.41, 5.74) is 7.28. The van der Waals surface area contributed by atoms with Gasteiger partial charge in [0.05, 0.1) is 0 Å². The minimum Gasteiger partial charge on any atom is -0.385 e. The summed E-state index contributed by atoms with van der Waals surface area (Å²) in [6.45, 7) is 5.34. The Labute approximate surface area is 147 Å². The molecular formula is C17H24N6S. The standard InChI is InChI=1S/C17H24N6S/c18-16(20-8-4-7-19-15-5-2-1-3-6-15)22-10-12-23(13-11-22)17-21-9-14-24-17/h1-3,5-6,9,14,19H,4,7-8,10-13H2,(H2,18,20). The minimum atomic E-state index is 0.661. The number of aromatic nitrogens is 1. The highest BCUT2D eigenvalue weighted by atomic mass is 32.1. The van der Waals surface area contributed by atoms with Crippen LogP contribution < -0.4 is 16.0 Å². The van der Waals surface area contributed by atoms with E-state index in [2.05, 4.69) is 37.2 Å². The van der Waals surface area contributed by atoms with Crippen molar-refractivity contribution in [3.8, 4) is 0 Å². The number of guanidine groups is 1. The monoisotopic (exact) mass is 344 g/mol. The summed E-state index contributed by atoms with van der Waals surface area (Å²) in [6, 6.07) is 10.2. The Balaban J connectivity index is 1.36. The number of benzene rings is 1. The lowest BCUT2D eigenvalue weighted by Crippen LogP contribution is -2.51. The highest BCUT2D eigenvalue weighted by molar-refractivity contribution is 7.13. The average molecular weight is 344 g/mol. The third-order valence-corrected chi connectivity index (χ3v) is 4.84. The predicted octanol–water partition coefficient (Wildman–Crippen LogP) is 2.08. The van der Waals surface area contributed by atoms with Crippen molar-refractivity contribution in [2.75, 3.05) is 49.5 Å². The largest absolute Gasteiger partial charge is 0.385 e. The molecule has 1 fully saturated rings. The second-order valence-corrected chi connectivity index (χ2v) is 6.55.